The molecule has 1 aliphatic heterocycles. The first-order chi connectivity index (χ1) is 18.3. The number of halogens is 1. The smallest absolute Gasteiger partial charge is 0.191 e. The van der Waals surface area contributed by atoms with Crippen molar-refractivity contribution in [2.45, 2.75) is 55.9 Å². The largest absolute Gasteiger partial charge is 0.381 e. The molecule has 9 heteroatoms. The highest BCUT2D eigenvalue weighted by molar-refractivity contribution is 7.92. The van der Waals surface area contributed by atoms with Crippen LogP contribution in [0.15, 0.2) is 54.4 Å². The van der Waals surface area contributed by atoms with E-state index in [1.54, 1.807) is 35.3 Å². The number of carbonyl (C=O) groups is 1. The normalized spacial score (nSPS) is 23.8. The van der Waals surface area contributed by atoms with E-state index in [1.165, 1.54) is 12.1 Å². The molecule has 0 radical (unpaired) electrons. The number of ketones is 1. The van der Waals surface area contributed by atoms with Gasteiger partial charge in [0.15, 0.2) is 15.6 Å². The fourth-order valence-electron chi connectivity index (χ4n) is 6.26. The van der Waals surface area contributed by atoms with Crippen molar-refractivity contribution in [2.24, 2.45) is 5.41 Å². The molecule has 3 aromatic rings. The average molecular weight is 536 g/mol. The lowest BCUT2D eigenvalue weighted by molar-refractivity contribution is 0.0794. The zero-order valence-corrected chi connectivity index (χ0v) is 22.1. The number of Topliss-reactive ketones (excluding diaryl/α,β-unsaturated/α-hetero) is 1. The van der Waals surface area contributed by atoms with Crippen LogP contribution in [0.1, 0.15) is 59.4 Å². The van der Waals surface area contributed by atoms with E-state index in [1.807, 2.05) is 19.1 Å². The third-order valence-corrected chi connectivity index (χ3v) is 11.1. The van der Waals surface area contributed by atoms with Crippen LogP contribution in [-0.4, -0.2) is 52.7 Å². The van der Waals surface area contributed by atoms with Crippen molar-refractivity contribution in [2.75, 3.05) is 13.2 Å². The number of nitrogens with zero attached hydrogens (tertiary/aromatic N) is 3. The Kier molecular flexibility index (Phi) is 6.31. The van der Waals surface area contributed by atoms with Gasteiger partial charge in [0.1, 0.15) is 11.5 Å². The predicted octanol–water partition coefficient (Wildman–Crippen LogP) is 4.67. The molecule has 2 fully saturated rings. The molecule has 0 amide bonds. The van der Waals surface area contributed by atoms with Crippen LogP contribution in [0.2, 0.25) is 0 Å². The molecule has 1 saturated carbocycles. The molecule has 0 unspecified atom stereocenters. The number of pyridine rings is 1. The number of carbonyl (C=O) groups excluding carboxylic acids is 1. The Morgan fingerprint density at radius 3 is 2.53 bits per heavy atom. The van der Waals surface area contributed by atoms with Crippen LogP contribution in [0.3, 0.4) is 0 Å². The SMILES string of the molecule is Cc1ccc(C(=O)[C@]23Cc4cnn(-c5ccc(F)cc5)c4C=C2CC[C@H](S(=O)(=O)C2CCOCC2)C3)nc1. The topological polar surface area (TPSA) is 91.2 Å². The Hall–Kier alpha value is -3.17. The lowest BCUT2D eigenvalue weighted by atomic mass is 9.61. The van der Waals surface area contributed by atoms with E-state index >= 15 is 0 Å². The molecule has 2 atom stereocenters. The molecule has 1 aromatic carbocycles. The number of hydrogen-bond donors (Lipinski definition) is 0. The van der Waals surface area contributed by atoms with Gasteiger partial charge in [-0.1, -0.05) is 11.6 Å². The molecule has 3 heterocycles. The van der Waals surface area contributed by atoms with Crippen LogP contribution in [0, 0.1) is 18.2 Å². The minimum Gasteiger partial charge on any atom is -0.381 e. The van der Waals surface area contributed by atoms with Crippen LogP contribution in [0.5, 0.6) is 0 Å². The Morgan fingerprint density at radius 2 is 1.82 bits per heavy atom. The monoisotopic (exact) mass is 535 g/mol. The van der Waals surface area contributed by atoms with Crippen molar-refractivity contribution in [1.29, 1.82) is 0 Å². The third kappa shape index (κ3) is 4.22. The number of aryl methyl sites for hydroxylation is 1. The summed E-state index contributed by atoms with van der Waals surface area (Å²) in [5.74, 6) is -0.469. The summed E-state index contributed by atoms with van der Waals surface area (Å²) >= 11 is 0. The van der Waals surface area contributed by atoms with E-state index in [9.17, 15) is 17.6 Å². The lowest BCUT2D eigenvalue weighted by Gasteiger charge is -2.44. The summed E-state index contributed by atoms with van der Waals surface area (Å²) in [4.78, 5) is 18.7. The summed E-state index contributed by atoms with van der Waals surface area (Å²) < 4.78 is 48.3. The Labute approximate surface area is 221 Å². The van der Waals surface area contributed by atoms with E-state index in [2.05, 4.69) is 10.1 Å². The van der Waals surface area contributed by atoms with Gasteiger partial charge in [-0.3, -0.25) is 9.78 Å². The maximum absolute atomic E-state index is 14.3. The molecule has 2 aliphatic carbocycles. The number of rotatable bonds is 5. The standard InChI is InChI=1S/C29H30FN3O4S/c1-19-2-9-26(31-17-19)28(34)29-15-20-18-32-33(23-6-4-22(30)5-7-23)27(20)14-21(29)3-8-25(16-29)38(35,36)24-10-12-37-13-11-24/h2,4-7,9,14,17-18,24-25H,3,8,10-13,15-16H2,1H3/t25-,29-/m0/s1. The Balaban J connectivity index is 1.42. The molecule has 198 valence electrons. The van der Waals surface area contributed by atoms with Gasteiger partial charge in [-0.05, 0) is 93.0 Å². The molecule has 0 bridgehead atoms. The zero-order chi connectivity index (χ0) is 26.5. The van der Waals surface area contributed by atoms with Gasteiger partial charge in [0.05, 0.1) is 33.5 Å². The number of allylic oxidation sites excluding steroid dienone is 1. The molecule has 7 nitrogen and oxygen atoms in total. The Morgan fingerprint density at radius 1 is 1.05 bits per heavy atom. The van der Waals surface area contributed by atoms with Crippen LogP contribution in [0.25, 0.3) is 11.8 Å². The van der Waals surface area contributed by atoms with Crippen LogP contribution < -0.4 is 0 Å². The minimum absolute atomic E-state index is 0.143. The number of benzene rings is 1. The molecule has 3 aliphatic rings. The van der Waals surface area contributed by atoms with Gasteiger partial charge in [0.2, 0.25) is 0 Å². The minimum atomic E-state index is -3.45. The Bertz CT molecular complexity index is 1510. The van der Waals surface area contributed by atoms with Crippen molar-refractivity contribution in [3.05, 3.63) is 82.7 Å². The molecule has 1 saturated heterocycles. The lowest BCUT2D eigenvalue weighted by Crippen LogP contribution is -2.48. The first kappa shape index (κ1) is 25.1. The second kappa shape index (κ2) is 9.54. The summed E-state index contributed by atoms with van der Waals surface area (Å²) in [5.41, 5.74) is 3.64. The summed E-state index contributed by atoms with van der Waals surface area (Å²) in [6.07, 6.45) is 7.96. The fraction of sp³-hybridized carbons (Fsp3) is 0.414. The molecule has 6 rings (SSSR count). The maximum Gasteiger partial charge on any atom is 0.191 e. The highest BCUT2D eigenvalue weighted by Gasteiger charge is 2.52. The molecular weight excluding hydrogens is 505 g/mol. The van der Waals surface area contributed by atoms with Gasteiger partial charge >= 0.3 is 0 Å². The number of aromatic nitrogens is 3. The molecular formula is C29H30FN3O4S. The highest BCUT2D eigenvalue weighted by atomic mass is 32.2. The van der Waals surface area contributed by atoms with Crippen molar-refractivity contribution >= 4 is 21.7 Å². The highest BCUT2D eigenvalue weighted by Crippen LogP contribution is 2.51. The van der Waals surface area contributed by atoms with E-state index < -0.39 is 25.8 Å². The molecule has 2 aromatic heterocycles. The van der Waals surface area contributed by atoms with E-state index in [4.69, 9.17) is 4.74 Å². The van der Waals surface area contributed by atoms with Gasteiger partial charge in [0.25, 0.3) is 0 Å². The average Bonchev–Trinajstić information content (AvgIpc) is 3.34. The maximum atomic E-state index is 14.3. The predicted molar refractivity (Wildman–Crippen MR) is 141 cm³/mol. The zero-order valence-electron chi connectivity index (χ0n) is 21.3. The van der Waals surface area contributed by atoms with Crippen LogP contribution >= 0.6 is 0 Å². The molecule has 0 N–H and O–H groups in total. The fourth-order valence-corrected chi connectivity index (χ4v) is 8.61. The van der Waals surface area contributed by atoms with E-state index in [-0.39, 0.29) is 18.0 Å². The second-order valence-corrected chi connectivity index (χ2v) is 13.2. The quantitative estimate of drug-likeness (QED) is 0.441. The second-order valence-electron chi connectivity index (χ2n) is 10.7. The van der Waals surface area contributed by atoms with Gasteiger partial charge in [-0.25, -0.2) is 17.5 Å². The van der Waals surface area contributed by atoms with Crippen molar-refractivity contribution < 1.29 is 22.3 Å². The van der Waals surface area contributed by atoms with Crippen LogP contribution in [-0.2, 0) is 21.0 Å². The van der Waals surface area contributed by atoms with E-state index in [0.717, 1.165) is 28.1 Å². The van der Waals surface area contributed by atoms with Gasteiger partial charge in [-0.15, -0.1) is 0 Å². The number of fused-ring (bicyclic) bond motifs is 2. The summed E-state index contributed by atoms with van der Waals surface area (Å²) in [5, 5.41) is 3.52. The number of sulfone groups is 1. The third-order valence-electron chi connectivity index (χ3n) is 8.36. The first-order valence-corrected chi connectivity index (χ1v) is 14.7. The van der Waals surface area contributed by atoms with Crippen molar-refractivity contribution in [3.8, 4) is 5.69 Å². The number of hydrogen-bond acceptors (Lipinski definition) is 6. The molecule has 38 heavy (non-hydrogen) atoms. The summed E-state index contributed by atoms with van der Waals surface area (Å²) in [6, 6.07) is 9.72. The van der Waals surface area contributed by atoms with Gasteiger partial charge in [-0.2, -0.15) is 5.10 Å². The van der Waals surface area contributed by atoms with Crippen molar-refractivity contribution in [1.82, 2.24) is 14.8 Å². The summed E-state index contributed by atoms with van der Waals surface area (Å²) in [7, 11) is -3.45. The first-order valence-electron chi connectivity index (χ1n) is 13.1. The van der Waals surface area contributed by atoms with E-state index in [0.29, 0.717) is 51.0 Å². The van der Waals surface area contributed by atoms with Crippen LogP contribution in [0.4, 0.5) is 4.39 Å². The molecule has 0 spiro atoms. The summed E-state index contributed by atoms with van der Waals surface area (Å²) in [6.45, 7) is 2.81. The van der Waals surface area contributed by atoms with Crippen molar-refractivity contribution in [3.63, 3.8) is 0 Å². The van der Waals surface area contributed by atoms with Gasteiger partial charge < -0.3 is 4.74 Å². The number of ether oxygens (including phenoxy) is 1. The van der Waals surface area contributed by atoms with Gasteiger partial charge in [0, 0.05) is 19.4 Å².